The van der Waals surface area contributed by atoms with Crippen molar-refractivity contribution in [2.45, 2.75) is 45.2 Å². The van der Waals surface area contributed by atoms with Crippen molar-refractivity contribution < 1.29 is 4.74 Å². The fourth-order valence-corrected chi connectivity index (χ4v) is 3.14. The number of methoxy groups -OCH3 is 1. The number of nitrogens with zero attached hydrogens (tertiary/aromatic N) is 1. The fraction of sp³-hybridized carbons (Fsp3) is 0.647. The van der Waals surface area contributed by atoms with Crippen LogP contribution in [-0.4, -0.2) is 43.7 Å². The highest BCUT2D eigenvalue weighted by Crippen LogP contribution is 2.21. The molecule has 0 bridgehead atoms. The highest BCUT2D eigenvalue weighted by atomic mass is 16.5. The largest absolute Gasteiger partial charge is 0.496 e. The zero-order valence-corrected chi connectivity index (χ0v) is 13.1. The van der Waals surface area contributed by atoms with Crippen LogP contribution in [0.2, 0.25) is 0 Å². The first kappa shape index (κ1) is 15.3. The van der Waals surface area contributed by atoms with E-state index in [-0.39, 0.29) is 0 Å². The summed E-state index contributed by atoms with van der Waals surface area (Å²) in [5.41, 5.74) is 1.31. The Morgan fingerprint density at radius 3 is 2.85 bits per heavy atom. The average Bonchev–Trinajstić information content (AvgIpc) is 2.98. The number of likely N-dealkylation sites (N-methyl/N-ethyl adjacent to an activating group) is 1. The second-order valence-corrected chi connectivity index (χ2v) is 5.75. The van der Waals surface area contributed by atoms with Crippen LogP contribution in [0.15, 0.2) is 24.3 Å². The monoisotopic (exact) mass is 276 g/mol. The molecule has 0 amide bonds. The van der Waals surface area contributed by atoms with Crippen molar-refractivity contribution in [1.29, 1.82) is 0 Å². The first-order valence-electron chi connectivity index (χ1n) is 7.84. The Bertz CT molecular complexity index is 402. The fourth-order valence-electron chi connectivity index (χ4n) is 3.14. The summed E-state index contributed by atoms with van der Waals surface area (Å²) in [5, 5.41) is 3.60. The predicted molar refractivity (Wildman–Crippen MR) is 84.4 cm³/mol. The number of nitrogens with one attached hydrogen (secondary N) is 1. The lowest BCUT2D eigenvalue weighted by Gasteiger charge is -2.30. The molecule has 1 fully saturated rings. The van der Waals surface area contributed by atoms with E-state index >= 15 is 0 Å². The maximum absolute atomic E-state index is 5.46. The minimum atomic E-state index is 0.540. The van der Waals surface area contributed by atoms with Gasteiger partial charge in [-0.15, -0.1) is 0 Å². The molecule has 1 saturated heterocycles. The Kier molecular flexibility index (Phi) is 5.86. The summed E-state index contributed by atoms with van der Waals surface area (Å²) in [5.74, 6) is 1.01. The number of hydrogen-bond acceptors (Lipinski definition) is 3. The van der Waals surface area contributed by atoms with E-state index in [1.807, 2.05) is 6.07 Å². The lowest BCUT2D eigenvalue weighted by Crippen LogP contribution is -2.43. The zero-order chi connectivity index (χ0) is 14.4. The zero-order valence-electron chi connectivity index (χ0n) is 13.1. The van der Waals surface area contributed by atoms with Gasteiger partial charge in [0, 0.05) is 18.6 Å². The van der Waals surface area contributed by atoms with Crippen molar-refractivity contribution >= 4 is 0 Å². The summed E-state index contributed by atoms with van der Waals surface area (Å²) in [7, 11) is 1.75. The van der Waals surface area contributed by atoms with Crippen LogP contribution in [0.5, 0.6) is 5.75 Å². The van der Waals surface area contributed by atoms with E-state index in [4.69, 9.17) is 4.74 Å². The summed E-state index contributed by atoms with van der Waals surface area (Å²) in [6.45, 7) is 8.03. The number of hydrogen-bond donors (Lipinski definition) is 1. The van der Waals surface area contributed by atoms with Gasteiger partial charge in [-0.2, -0.15) is 0 Å². The molecule has 1 heterocycles. The standard InChI is InChI=1S/C17H28N2O/c1-4-19(13-16-9-7-11-18-16)14(2)12-15-8-5-6-10-17(15)20-3/h5-6,8,10,14,16,18H,4,7,9,11-13H2,1-3H3. The topological polar surface area (TPSA) is 24.5 Å². The molecule has 1 aliphatic heterocycles. The summed E-state index contributed by atoms with van der Waals surface area (Å²) in [6.07, 6.45) is 3.69. The Labute approximate surface area is 123 Å². The van der Waals surface area contributed by atoms with Gasteiger partial charge < -0.3 is 10.1 Å². The van der Waals surface area contributed by atoms with E-state index in [0.29, 0.717) is 12.1 Å². The van der Waals surface area contributed by atoms with Gasteiger partial charge >= 0.3 is 0 Å². The van der Waals surface area contributed by atoms with Gasteiger partial charge in [0.15, 0.2) is 0 Å². The van der Waals surface area contributed by atoms with Crippen LogP contribution in [0.3, 0.4) is 0 Å². The lowest BCUT2D eigenvalue weighted by molar-refractivity contribution is 0.199. The van der Waals surface area contributed by atoms with Gasteiger partial charge in [0.1, 0.15) is 5.75 Å². The molecule has 3 nitrogen and oxygen atoms in total. The molecular formula is C17H28N2O. The third-order valence-electron chi connectivity index (χ3n) is 4.35. The quantitative estimate of drug-likeness (QED) is 0.828. The van der Waals surface area contributed by atoms with Crippen LogP contribution in [-0.2, 0) is 6.42 Å². The summed E-state index contributed by atoms with van der Waals surface area (Å²) in [6, 6.07) is 9.58. The molecule has 0 spiro atoms. The molecule has 3 heteroatoms. The number of ether oxygens (including phenoxy) is 1. The smallest absolute Gasteiger partial charge is 0.122 e. The number of para-hydroxylation sites is 1. The van der Waals surface area contributed by atoms with Gasteiger partial charge in [0.25, 0.3) is 0 Å². The van der Waals surface area contributed by atoms with Gasteiger partial charge in [-0.1, -0.05) is 25.1 Å². The molecule has 1 N–H and O–H groups in total. The number of rotatable bonds is 7. The number of benzene rings is 1. The van der Waals surface area contributed by atoms with E-state index in [1.165, 1.54) is 24.9 Å². The van der Waals surface area contributed by atoms with Crippen molar-refractivity contribution in [3.05, 3.63) is 29.8 Å². The van der Waals surface area contributed by atoms with Crippen LogP contribution in [0.25, 0.3) is 0 Å². The van der Waals surface area contributed by atoms with Crippen molar-refractivity contribution in [1.82, 2.24) is 10.2 Å². The van der Waals surface area contributed by atoms with Gasteiger partial charge in [0.2, 0.25) is 0 Å². The molecule has 0 aromatic heterocycles. The van der Waals surface area contributed by atoms with E-state index in [0.717, 1.165) is 25.3 Å². The van der Waals surface area contributed by atoms with Gasteiger partial charge in [-0.05, 0) is 50.9 Å². The molecule has 20 heavy (non-hydrogen) atoms. The second kappa shape index (κ2) is 7.65. The summed E-state index contributed by atoms with van der Waals surface area (Å²) in [4.78, 5) is 2.58. The Hall–Kier alpha value is -1.06. The minimum Gasteiger partial charge on any atom is -0.496 e. The molecule has 1 aromatic rings. The maximum atomic E-state index is 5.46. The summed E-state index contributed by atoms with van der Waals surface area (Å²) >= 11 is 0. The molecular weight excluding hydrogens is 248 g/mol. The molecule has 0 radical (unpaired) electrons. The van der Waals surface area contributed by atoms with Crippen molar-refractivity contribution in [2.24, 2.45) is 0 Å². The second-order valence-electron chi connectivity index (χ2n) is 5.75. The van der Waals surface area contributed by atoms with Gasteiger partial charge in [0.05, 0.1) is 7.11 Å². The lowest BCUT2D eigenvalue weighted by atomic mass is 10.0. The normalized spacial score (nSPS) is 20.3. The third-order valence-corrected chi connectivity index (χ3v) is 4.35. The van der Waals surface area contributed by atoms with Crippen molar-refractivity contribution in [3.63, 3.8) is 0 Å². The maximum Gasteiger partial charge on any atom is 0.122 e. The molecule has 1 aliphatic rings. The predicted octanol–water partition coefficient (Wildman–Crippen LogP) is 2.70. The molecule has 0 aliphatic carbocycles. The molecule has 112 valence electrons. The SMILES string of the molecule is CCN(CC1CCCN1)C(C)Cc1ccccc1OC. The van der Waals surface area contributed by atoms with Crippen molar-refractivity contribution in [3.8, 4) is 5.75 Å². The van der Waals surface area contributed by atoms with Gasteiger partial charge in [-0.25, -0.2) is 0 Å². The average molecular weight is 276 g/mol. The molecule has 1 aromatic carbocycles. The van der Waals surface area contributed by atoms with Crippen molar-refractivity contribution in [2.75, 3.05) is 26.7 Å². The van der Waals surface area contributed by atoms with E-state index in [1.54, 1.807) is 7.11 Å². The molecule has 2 atom stereocenters. The van der Waals surface area contributed by atoms with Gasteiger partial charge in [-0.3, -0.25) is 4.90 Å². The molecule has 2 unspecified atom stereocenters. The van der Waals surface area contributed by atoms with E-state index in [9.17, 15) is 0 Å². The van der Waals surface area contributed by atoms with Crippen LogP contribution in [0.1, 0.15) is 32.3 Å². The van der Waals surface area contributed by atoms with Crippen LogP contribution < -0.4 is 10.1 Å². The highest BCUT2D eigenvalue weighted by molar-refractivity contribution is 5.33. The molecule has 2 rings (SSSR count). The van der Waals surface area contributed by atoms with Crippen LogP contribution in [0, 0.1) is 0 Å². The highest BCUT2D eigenvalue weighted by Gasteiger charge is 2.21. The Morgan fingerprint density at radius 1 is 1.40 bits per heavy atom. The molecule has 0 saturated carbocycles. The van der Waals surface area contributed by atoms with E-state index in [2.05, 4.69) is 42.3 Å². The Morgan fingerprint density at radius 2 is 2.20 bits per heavy atom. The summed E-state index contributed by atoms with van der Waals surface area (Å²) < 4.78 is 5.46. The Balaban J connectivity index is 1.95. The van der Waals surface area contributed by atoms with Crippen LogP contribution in [0.4, 0.5) is 0 Å². The third kappa shape index (κ3) is 3.97. The first-order chi connectivity index (χ1) is 9.74. The van der Waals surface area contributed by atoms with E-state index < -0.39 is 0 Å². The van der Waals surface area contributed by atoms with Crippen LogP contribution >= 0.6 is 0 Å². The minimum absolute atomic E-state index is 0.540. The first-order valence-corrected chi connectivity index (χ1v) is 7.84.